The Bertz CT molecular complexity index is 403. The van der Waals surface area contributed by atoms with Crippen LogP contribution in [0.4, 0.5) is 0 Å². The molecule has 5 nitrogen and oxygen atoms in total. The summed E-state index contributed by atoms with van der Waals surface area (Å²) >= 11 is 0. The molecule has 0 radical (unpaired) electrons. The van der Waals surface area contributed by atoms with Gasteiger partial charge in [-0.15, -0.1) is 0 Å². The SMILES string of the molecule is COc1cccc(C(=O)C(N)CC(=O)O)c1. The zero-order chi connectivity index (χ0) is 12.1. The molecule has 0 heterocycles. The number of ketones is 1. The monoisotopic (exact) mass is 223 g/mol. The molecule has 0 amide bonds. The van der Waals surface area contributed by atoms with Crippen LogP contribution in [-0.4, -0.2) is 30.0 Å². The van der Waals surface area contributed by atoms with Crippen LogP contribution in [0.25, 0.3) is 0 Å². The number of carbonyl (C=O) groups is 2. The molecule has 86 valence electrons. The molecule has 1 rings (SSSR count). The normalized spacial score (nSPS) is 11.9. The predicted molar refractivity (Wildman–Crippen MR) is 57.6 cm³/mol. The van der Waals surface area contributed by atoms with Gasteiger partial charge in [0.1, 0.15) is 5.75 Å². The summed E-state index contributed by atoms with van der Waals surface area (Å²) < 4.78 is 4.96. The molecule has 1 unspecified atom stereocenters. The van der Waals surface area contributed by atoms with E-state index in [4.69, 9.17) is 15.6 Å². The molecule has 5 heteroatoms. The third-order valence-electron chi connectivity index (χ3n) is 2.09. The van der Waals surface area contributed by atoms with E-state index in [2.05, 4.69) is 0 Å². The number of hydrogen-bond donors (Lipinski definition) is 2. The number of hydrogen-bond acceptors (Lipinski definition) is 4. The Morgan fingerprint density at radius 1 is 1.50 bits per heavy atom. The highest BCUT2D eigenvalue weighted by molar-refractivity contribution is 6.01. The molecule has 1 atom stereocenters. The van der Waals surface area contributed by atoms with Gasteiger partial charge in [-0.25, -0.2) is 0 Å². The van der Waals surface area contributed by atoms with Gasteiger partial charge in [0.15, 0.2) is 5.78 Å². The van der Waals surface area contributed by atoms with Crippen molar-refractivity contribution in [2.45, 2.75) is 12.5 Å². The van der Waals surface area contributed by atoms with E-state index >= 15 is 0 Å². The number of Topliss-reactive ketones (excluding diaryl/α,β-unsaturated/α-hetero) is 1. The summed E-state index contributed by atoms with van der Waals surface area (Å²) in [4.78, 5) is 22.1. The van der Waals surface area contributed by atoms with E-state index in [0.29, 0.717) is 11.3 Å². The molecule has 1 aromatic carbocycles. The second-order valence-corrected chi connectivity index (χ2v) is 3.30. The Hall–Kier alpha value is -1.88. The van der Waals surface area contributed by atoms with Crippen LogP contribution in [0.5, 0.6) is 5.75 Å². The first kappa shape index (κ1) is 12.2. The Kier molecular flexibility index (Phi) is 4.02. The maximum absolute atomic E-state index is 11.7. The fraction of sp³-hybridized carbons (Fsp3) is 0.273. The van der Waals surface area contributed by atoms with Crippen molar-refractivity contribution in [1.29, 1.82) is 0 Å². The average Bonchev–Trinajstić information content (AvgIpc) is 2.27. The van der Waals surface area contributed by atoms with Crippen LogP contribution >= 0.6 is 0 Å². The smallest absolute Gasteiger partial charge is 0.305 e. The quantitative estimate of drug-likeness (QED) is 0.716. The predicted octanol–water partition coefficient (Wildman–Crippen LogP) is 0.680. The number of rotatable bonds is 5. The first-order valence-corrected chi connectivity index (χ1v) is 4.70. The van der Waals surface area contributed by atoms with Crippen molar-refractivity contribution in [3.05, 3.63) is 29.8 Å². The molecule has 1 aromatic rings. The van der Waals surface area contributed by atoms with E-state index in [-0.39, 0.29) is 6.42 Å². The molecule has 0 aliphatic rings. The highest BCUT2D eigenvalue weighted by Gasteiger charge is 2.18. The van der Waals surface area contributed by atoms with Gasteiger partial charge in [0, 0.05) is 5.56 Å². The van der Waals surface area contributed by atoms with Gasteiger partial charge in [-0.2, -0.15) is 0 Å². The van der Waals surface area contributed by atoms with E-state index in [9.17, 15) is 9.59 Å². The summed E-state index contributed by atoms with van der Waals surface area (Å²) in [6, 6.07) is 5.43. The number of carbonyl (C=O) groups excluding carboxylic acids is 1. The molecule has 0 saturated carbocycles. The lowest BCUT2D eigenvalue weighted by atomic mass is 10.0. The molecule has 0 aliphatic heterocycles. The van der Waals surface area contributed by atoms with Gasteiger partial charge in [-0.3, -0.25) is 9.59 Å². The Morgan fingerprint density at radius 2 is 2.19 bits per heavy atom. The van der Waals surface area contributed by atoms with E-state index in [1.165, 1.54) is 13.2 Å². The molecule has 0 aromatic heterocycles. The number of aliphatic carboxylic acids is 1. The molecular formula is C11H13NO4. The summed E-state index contributed by atoms with van der Waals surface area (Å²) in [7, 11) is 1.49. The number of nitrogens with two attached hydrogens (primary N) is 1. The number of ether oxygens (including phenoxy) is 1. The van der Waals surface area contributed by atoms with Crippen LogP contribution in [-0.2, 0) is 4.79 Å². The van der Waals surface area contributed by atoms with Gasteiger partial charge in [0.2, 0.25) is 0 Å². The zero-order valence-electron chi connectivity index (χ0n) is 8.84. The minimum atomic E-state index is -1.09. The highest BCUT2D eigenvalue weighted by Crippen LogP contribution is 2.14. The summed E-state index contributed by atoms with van der Waals surface area (Å²) in [5.74, 6) is -0.960. The van der Waals surface area contributed by atoms with Gasteiger partial charge in [-0.1, -0.05) is 12.1 Å². The minimum Gasteiger partial charge on any atom is -0.497 e. The molecule has 3 N–H and O–H groups in total. The third-order valence-corrected chi connectivity index (χ3v) is 2.09. The van der Waals surface area contributed by atoms with Crippen molar-refractivity contribution in [2.75, 3.05) is 7.11 Å². The van der Waals surface area contributed by atoms with Crippen molar-refractivity contribution in [1.82, 2.24) is 0 Å². The molecule has 0 fully saturated rings. The van der Waals surface area contributed by atoms with E-state index < -0.39 is 17.8 Å². The van der Waals surface area contributed by atoms with Gasteiger partial charge in [0.25, 0.3) is 0 Å². The summed E-state index contributed by atoms with van der Waals surface area (Å²) in [6.45, 7) is 0. The molecule has 0 saturated heterocycles. The van der Waals surface area contributed by atoms with Gasteiger partial charge in [-0.05, 0) is 12.1 Å². The zero-order valence-corrected chi connectivity index (χ0v) is 8.84. The van der Waals surface area contributed by atoms with Crippen molar-refractivity contribution in [2.24, 2.45) is 5.73 Å². The summed E-state index contributed by atoms with van der Waals surface area (Å²) in [6.07, 6.45) is -0.379. The standard InChI is InChI=1S/C11H13NO4/c1-16-8-4-2-3-7(5-8)11(15)9(12)6-10(13)14/h2-5,9H,6,12H2,1H3,(H,13,14). The van der Waals surface area contributed by atoms with Crippen LogP contribution in [0.3, 0.4) is 0 Å². The lowest BCUT2D eigenvalue weighted by Gasteiger charge is -2.08. The molecule has 0 bridgehead atoms. The summed E-state index contributed by atoms with van der Waals surface area (Å²) in [5.41, 5.74) is 5.83. The largest absolute Gasteiger partial charge is 0.497 e. The molecule has 16 heavy (non-hydrogen) atoms. The number of carboxylic acids is 1. The highest BCUT2D eigenvalue weighted by atomic mass is 16.5. The number of methoxy groups -OCH3 is 1. The fourth-order valence-electron chi connectivity index (χ4n) is 1.27. The maximum atomic E-state index is 11.7. The Morgan fingerprint density at radius 3 is 2.75 bits per heavy atom. The van der Waals surface area contributed by atoms with Crippen LogP contribution in [0, 0.1) is 0 Å². The summed E-state index contributed by atoms with van der Waals surface area (Å²) in [5, 5.41) is 8.52. The third kappa shape index (κ3) is 3.06. The van der Waals surface area contributed by atoms with Crippen molar-refractivity contribution in [3.63, 3.8) is 0 Å². The van der Waals surface area contributed by atoms with Crippen LogP contribution in [0.2, 0.25) is 0 Å². The lowest BCUT2D eigenvalue weighted by molar-refractivity contribution is -0.137. The van der Waals surface area contributed by atoms with Gasteiger partial charge in [0.05, 0.1) is 19.6 Å². The van der Waals surface area contributed by atoms with Crippen molar-refractivity contribution >= 4 is 11.8 Å². The fourth-order valence-corrected chi connectivity index (χ4v) is 1.27. The van der Waals surface area contributed by atoms with Gasteiger partial charge >= 0.3 is 5.97 Å². The number of carboxylic acid groups (broad SMARTS) is 1. The van der Waals surface area contributed by atoms with Gasteiger partial charge < -0.3 is 15.6 Å². The Balaban J connectivity index is 2.83. The van der Waals surface area contributed by atoms with Crippen molar-refractivity contribution in [3.8, 4) is 5.75 Å². The first-order valence-electron chi connectivity index (χ1n) is 4.70. The maximum Gasteiger partial charge on any atom is 0.305 e. The molecular weight excluding hydrogens is 210 g/mol. The van der Waals surface area contributed by atoms with E-state index in [0.717, 1.165) is 0 Å². The second kappa shape index (κ2) is 5.27. The minimum absolute atomic E-state index is 0.355. The van der Waals surface area contributed by atoms with Crippen LogP contribution < -0.4 is 10.5 Å². The average molecular weight is 223 g/mol. The first-order chi connectivity index (χ1) is 7.54. The topological polar surface area (TPSA) is 89.6 Å². The van der Waals surface area contributed by atoms with E-state index in [1.807, 2.05) is 0 Å². The second-order valence-electron chi connectivity index (χ2n) is 3.30. The Labute approximate surface area is 92.8 Å². The van der Waals surface area contributed by atoms with E-state index in [1.54, 1.807) is 18.2 Å². The van der Waals surface area contributed by atoms with Crippen LogP contribution in [0.15, 0.2) is 24.3 Å². The molecule has 0 aliphatic carbocycles. The lowest BCUT2D eigenvalue weighted by Crippen LogP contribution is -2.32. The molecule has 0 spiro atoms. The number of benzene rings is 1. The van der Waals surface area contributed by atoms with Crippen LogP contribution in [0.1, 0.15) is 16.8 Å². The van der Waals surface area contributed by atoms with Crippen molar-refractivity contribution < 1.29 is 19.4 Å².